The zero-order chi connectivity index (χ0) is 14.8. The van der Waals surface area contributed by atoms with Crippen molar-refractivity contribution in [3.05, 3.63) is 23.8 Å². The molecule has 1 fully saturated rings. The zero-order valence-corrected chi connectivity index (χ0v) is 13.6. The lowest BCUT2D eigenvalue weighted by molar-refractivity contribution is 0.423. The summed E-state index contributed by atoms with van der Waals surface area (Å²) in [6.07, 6.45) is 6.29. The first-order valence-electron chi connectivity index (χ1n) is 6.85. The zero-order valence-electron chi connectivity index (χ0n) is 11.9. The highest BCUT2D eigenvalue weighted by atomic mass is 32.2. The van der Waals surface area contributed by atoms with Crippen molar-refractivity contribution >= 4 is 27.5 Å². The molecule has 1 aliphatic carbocycles. The van der Waals surface area contributed by atoms with Crippen molar-refractivity contribution in [2.24, 2.45) is 0 Å². The van der Waals surface area contributed by atoms with Crippen LogP contribution in [0.25, 0.3) is 0 Å². The van der Waals surface area contributed by atoms with Gasteiger partial charge in [0, 0.05) is 17.0 Å². The van der Waals surface area contributed by atoms with E-state index in [1.807, 2.05) is 6.26 Å². The topological polar surface area (TPSA) is 72.2 Å². The summed E-state index contributed by atoms with van der Waals surface area (Å²) < 4.78 is 28.0. The predicted molar refractivity (Wildman–Crippen MR) is 85.5 cm³/mol. The van der Waals surface area contributed by atoms with E-state index >= 15 is 0 Å². The first-order chi connectivity index (χ1) is 9.44. The number of hydrogen-bond acceptors (Lipinski definition) is 4. The number of aryl methyl sites for hydroxylation is 1. The summed E-state index contributed by atoms with van der Waals surface area (Å²) in [5.74, 6) is 0. The number of nitrogens with one attached hydrogen (secondary N) is 1. The molecule has 1 aromatic carbocycles. The molecule has 3 N–H and O–H groups in total. The van der Waals surface area contributed by atoms with Crippen LogP contribution < -0.4 is 10.5 Å². The van der Waals surface area contributed by atoms with Gasteiger partial charge in [-0.15, -0.1) is 0 Å². The molecule has 1 saturated carbocycles. The fraction of sp³-hybridized carbons (Fsp3) is 0.571. The molecule has 6 heteroatoms. The van der Waals surface area contributed by atoms with Crippen molar-refractivity contribution in [1.29, 1.82) is 0 Å². The van der Waals surface area contributed by atoms with Crippen molar-refractivity contribution in [2.45, 2.75) is 48.8 Å². The number of nitrogen functional groups attached to an aromatic ring is 1. The Labute approximate surface area is 125 Å². The number of nitrogens with two attached hydrogens (primary N) is 1. The second kappa shape index (κ2) is 6.37. The van der Waals surface area contributed by atoms with Crippen LogP contribution in [0.5, 0.6) is 0 Å². The van der Waals surface area contributed by atoms with E-state index in [0.29, 0.717) is 15.8 Å². The molecule has 0 spiro atoms. The second-order valence-electron chi connectivity index (χ2n) is 5.31. The van der Waals surface area contributed by atoms with Gasteiger partial charge in [-0.2, -0.15) is 11.8 Å². The number of sulfonamides is 1. The Balaban J connectivity index is 2.24. The average molecular weight is 314 g/mol. The van der Waals surface area contributed by atoms with Crippen molar-refractivity contribution < 1.29 is 8.42 Å². The van der Waals surface area contributed by atoms with Crippen LogP contribution in [0.4, 0.5) is 5.69 Å². The molecule has 2 atom stereocenters. The fourth-order valence-electron chi connectivity index (χ4n) is 2.68. The van der Waals surface area contributed by atoms with Gasteiger partial charge in [0.1, 0.15) is 0 Å². The maximum atomic E-state index is 12.6. The number of hydrogen-bond donors (Lipinski definition) is 2. The van der Waals surface area contributed by atoms with E-state index in [2.05, 4.69) is 4.72 Å². The number of benzene rings is 1. The van der Waals surface area contributed by atoms with Crippen LogP contribution in [0.3, 0.4) is 0 Å². The first-order valence-corrected chi connectivity index (χ1v) is 9.62. The van der Waals surface area contributed by atoms with E-state index in [9.17, 15) is 8.42 Å². The third-order valence-electron chi connectivity index (χ3n) is 3.81. The number of thioether (sulfide) groups is 1. The molecule has 1 aliphatic rings. The Hall–Kier alpha value is -0.720. The molecule has 2 rings (SSSR count). The normalized spacial score (nSPS) is 23.7. The molecule has 4 nitrogen and oxygen atoms in total. The fourth-order valence-corrected chi connectivity index (χ4v) is 5.29. The molecule has 1 aromatic rings. The lowest BCUT2D eigenvalue weighted by atomic mass is 9.96. The van der Waals surface area contributed by atoms with E-state index < -0.39 is 10.0 Å². The van der Waals surface area contributed by atoms with E-state index in [0.717, 1.165) is 24.8 Å². The van der Waals surface area contributed by atoms with Crippen molar-refractivity contribution in [3.63, 3.8) is 0 Å². The number of rotatable bonds is 4. The summed E-state index contributed by atoms with van der Waals surface area (Å²) in [7, 11) is -3.50. The maximum absolute atomic E-state index is 12.6. The minimum atomic E-state index is -3.50. The summed E-state index contributed by atoms with van der Waals surface area (Å²) in [5.41, 5.74) is 6.91. The Morgan fingerprint density at radius 3 is 2.70 bits per heavy atom. The van der Waals surface area contributed by atoms with E-state index in [-0.39, 0.29) is 6.04 Å². The Morgan fingerprint density at radius 2 is 2.00 bits per heavy atom. The third-order valence-corrected chi connectivity index (χ3v) is 6.62. The quantitative estimate of drug-likeness (QED) is 0.838. The summed E-state index contributed by atoms with van der Waals surface area (Å²) in [6, 6.07) is 5.02. The van der Waals surface area contributed by atoms with Crippen LogP contribution in [0.1, 0.15) is 31.2 Å². The summed E-state index contributed by atoms with van der Waals surface area (Å²) in [5, 5.41) is 0.361. The molecule has 0 bridgehead atoms. The van der Waals surface area contributed by atoms with Gasteiger partial charge in [0.15, 0.2) is 0 Å². The van der Waals surface area contributed by atoms with Crippen LogP contribution in [-0.2, 0) is 10.0 Å². The molecular formula is C14H22N2O2S2. The molecule has 2 unspecified atom stereocenters. The van der Waals surface area contributed by atoms with Gasteiger partial charge in [0.05, 0.1) is 4.90 Å². The molecule has 0 heterocycles. The first kappa shape index (κ1) is 15.7. The van der Waals surface area contributed by atoms with Crippen LogP contribution in [0, 0.1) is 6.92 Å². The van der Waals surface area contributed by atoms with Gasteiger partial charge in [-0.05, 0) is 43.7 Å². The Bertz CT molecular complexity index is 573. The lowest BCUT2D eigenvalue weighted by Crippen LogP contribution is -2.43. The van der Waals surface area contributed by atoms with Crippen molar-refractivity contribution in [3.8, 4) is 0 Å². The minimum absolute atomic E-state index is 0.0181. The predicted octanol–water partition coefficient (Wildman–Crippen LogP) is 2.53. The van der Waals surface area contributed by atoms with Crippen molar-refractivity contribution in [1.82, 2.24) is 4.72 Å². The smallest absolute Gasteiger partial charge is 0.241 e. The highest BCUT2D eigenvalue weighted by molar-refractivity contribution is 7.99. The van der Waals surface area contributed by atoms with Gasteiger partial charge in [0.25, 0.3) is 0 Å². The SMILES string of the molecule is CSC1CCCCC1NS(=O)(=O)c1cc(N)ccc1C. The maximum Gasteiger partial charge on any atom is 0.241 e. The molecule has 0 amide bonds. The molecule has 112 valence electrons. The molecule has 0 radical (unpaired) electrons. The summed E-state index contributed by atoms with van der Waals surface area (Å²) in [6.45, 7) is 1.79. The van der Waals surface area contributed by atoms with Gasteiger partial charge in [-0.1, -0.05) is 18.9 Å². The van der Waals surface area contributed by atoms with Crippen LogP contribution in [0.2, 0.25) is 0 Å². The largest absolute Gasteiger partial charge is 0.399 e. The molecular weight excluding hydrogens is 292 g/mol. The van der Waals surface area contributed by atoms with E-state index in [4.69, 9.17) is 5.73 Å². The second-order valence-corrected chi connectivity index (χ2v) is 8.07. The Morgan fingerprint density at radius 1 is 1.30 bits per heavy atom. The monoisotopic (exact) mass is 314 g/mol. The van der Waals surface area contributed by atoms with Crippen molar-refractivity contribution in [2.75, 3.05) is 12.0 Å². The van der Waals surface area contributed by atoms with Crippen LogP contribution in [0.15, 0.2) is 23.1 Å². The van der Waals surface area contributed by atoms with Gasteiger partial charge in [-0.3, -0.25) is 0 Å². The lowest BCUT2D eigenvalue weighted by Gasteiger charge is -2.30. The summed E-state index contributed by atoms with van der Waals surface area (Å²) in [4.78, 5) is 0.294. The average Bonchev–Trinajstić information content (AvgIpc) is 2.41. The minimum Gasteiger partial charge on any atom is -0.399 e. The Kier molecular flexibility index (Phi) is 4.99. The van der Waals surface area contributed by atoms with Gasteiger partial charge in [0.2, 0.25) is 10.0 Å². The molecule has 0 saturated heterocycles. The molecule has 0 aromatic heterocycles. The van der Waals surface area contributed by atoms with Gasteiger partial charge < -0.3 is 5.73 Å². The van der Waals surface area contributed by atoms with Gasteiger partial charge >= 0.3 is 0 Å². The highest BCUT2D eigenvalue weighted by Crippen LogP contribution is 2.29. The molecule has 20 heavy (non-hydrogen) atoms. The van der Waals surface area contributed by atoms with Crippen LogP contribution >= 0.6 is 11.8 Å². The highest BCUT2D eigenvalue weighted by Gasteiger charge is 2.29. The van der Waals surface area contributed by atoms with E-state index in [1.54, 1.807) is 30.8 Å². The third kappa shape index (κ3) is 3.48. The van der Waals surface area contributed by atoms with Gasteiger partial charge in [-0.25, -0.2) is 13.1 Å². The number of anilines is 1. The molecule has 0 aliphatic heterocycles. The van der Waals surface area contributed by atoms with Crippen LogP contribution in [-0.4, -0.2) is 26.0 Å². The standard InChI is InChI=1S/C14H22N2O2S2/c1-10-7-8-11(15)9-14(10)20(17,18)16-12-5-3-4-6-13(12)19-2/h7-9,12-13,16H,3-6,15H2,1-2H3. The summed E-state index contributed by atoms with van der Waals surface area (Å²) >= 11 is 1.75. The van der Waals surface area contributed by atoms with E-state index in [1.165, 1.54) is 12.5 Å².